The average Bonchev–Trinajstić information content (AvgIpc) is 4.31. The number of carboxylic acid groups (broad SMARTS) is 1. The van der Waals surface area contributed by atoms with E-state index in [0.29, 0.717) is 35.1 Å². The van der Waals surface area contributed by atoms with E-state index in [9.17, 15) is 43.8 Å². The first-order valence-electron chi connectivity index (χ1n) is 27.7. The van der Waals surface area contributed by atoms with E-state index in [1.165, 1.54) is 6.92 Å². The molecule has 2 aromatic heterocycles. The Morgan fingerprint density at radius 2 is 1.04 bits per heavy atom. The number of H-pyrrole nitrogens is 2. The monoisotopic (exact) mass is 1120 g/mol. The van der Waals surface area contributed by atoms with Crippen molar-refractivity contribution in [3.63, 3.8) is 0 Å². The van der Waals surface area contributed by atoms with Crippen LogP contribution in [0, 0.1) is 0 Å². The normalized spacial score (nSPS) is 21.4. The average molecular weight is 1120 g/mol. The Morgan fingerprint density at radius 3 is 1.57 bits per heavy atom. The van der Waals surface area contributed by atoms with Gasteiger partial charge in [0.15, 0.2) is 0 Å². The Kier molecular flexibility index (Phi) is 22.3. The van der Waals surface area contributed by atoms with Gasteiger partial charge in [-0.05, 0) is 80.0 Å². The fraction of sp³-hybridized carbons (Fsp3) is 0.383. The van der Waals surface area contributed by atoms with Gasteiger partial charge in [-0.15, -0.1) is 0 Å². The maximum atomic E-state index is 15.1. The number of hydrogen-bond acceptors (Lipinski definition) is 11. The number of rotatable bonds is 15. The molecule has 7 atom stereocenters. The predicted octanol–water partition coefficient (Wildman–Crippen LogP) is 1.94. The second kappa shape index (κ2) is 30.1. The molecule has 0 bridgehead atoms. The highest BCUT2D eigenvalue weighted by Gasteiger charge is 2.37. The fourth-order valence-corrected chi connectivity index (χ4v) is 9.98. The molecule has 6 aromatic rings. The summed E-state index contributed by atoms with van der Waals surface area (Å²) in [5.41, 5.74) is 9.96. The van der Waals surface area contributed by atoms with Crippen molar-refractivity contribution in [1.29, 1.82) is 0 Å². The number of amides is 8. The van der Waals surface area contributed by atoms with Gasteiger partial charge in [0.2, 0.25) is 47.3 Å². The van der Waals surface area contributed by atoms with Crippen LogP contribution in [0.4, 0.5) is 0 Å². The van der Waals surface area contributed by atoms with Crippen LogP contribution in [0.5, 0.6) is 0 Å². The Balaban J connectivity index is 1.26. The minimum atomic E-state index is -1.72. The number of carbonyl (C=O) groups is 9. The van der Waals surface area contributed by atoms with Crippen LogP contribution in [0.2, 0.25) is 0 Å². The zero-order chi connectivity index (χ0) is 58.5. The molecule has 0 unspecified atom stereocenters. The molecule has 0 radical (unpaired) electrons. The molecule has 1 aliphatic rings. The smallest absolute Gasteiger partial charge is 0.323 e. The Hall–Kier alpha value is -8.89. The van der Waals surface area contributed by atoms with Crippen LogP contribution in [-0.4, -0.2) is 147 Å². The molecule has 8 amide bonds. The first-order chi connectivity index (χ1) is 39.6. The quantitative estimate of drug-likeness (QED) is 0.0657. The molecule has 0 saturated carbocycles. The Morgan fingerprint density at radius 1 is 0.561 bits per heavy atom. The van der Waals surface area contributed by atoms with Crippen molar-refractivity contribution in [2.75, 3.05) is 26.2 Å². The summed E-state index contributed by atoms with van der Waals surface area (Å²) in [6.45, 7) is 0.551. The van der Waals surface area contributed by atoms with Gasteiger partial charge in [-0.1, -0.05) is 97.1 Å². The van der Waals surface area contributed by atoms with Crippen LogP contribution in [0.15, 0.2) is 122 Å². The number of nitrogens with one attached hydrogen (secondary N) is 9. The molecule has 1 aliphatic heterocycles. The van der Waals surface area contributed by atoms with Crippen LogP contribution >= 0.6 is 0 Å². The molecule has 7 rings (SSSR count). The third-order valence-corrected chi connectivity index (χ3v) is 14.3. The van der Waals surface area contributed by atoms with Crippen molar-refractivity contribution in [1.82, 2.24) is 52.1 Å². The van der Waals surface area contributed by atoms with E-state index in [1.54, 1.807) is 73.1 Å². The minimum Gasteiger partial charge on any atom is -0.480 e. The van der Waals surface area contributed by atoms with Gasteiger partial charge < -0.3 is 68.0 Å². The molecule has 0 spiro atoms. The van der Waals surface area contributed by atoms with Crippen LogP contribution < -0.4 is 43.0 Å². The lowest BCUT2D eigenvalue weighted by Gasteiger charge is -2.30. The topological polar surface area (TPSA) is 339 Å². The number of aliphatic carboxylic acids is 1. The lowest BCUT2D eigenvalue weighted by atomic mass is 10.00. The number of benzene rings is 4. The number of aliphatic hydroxyl groups excluding tert-OH is 1. The van der Waals surface area contributed by atoms with E-state index < -0.39 is 102 Å². The number of aromatic amines is 2. The van der Waals surface area contributed by atoms with E-state index in [2.05, 4.69) is 47.2 Å². The van der Waals surface area contributed by atoms with E-state index in [4.69, 9.17) is 5.73 Å². The van der Waals surface area contributed by atoms with Crippen molar-refractivity contribution >= 4 is 75.0 Å². The summed E-state index contributed by atoms with van der Waals surface area (Å²) < 4.78 is 0. The van der Waals surface area contributed by atoms with Crippen LogP contribution in [0.1, 0.15) is 74.1 Å². The third kappa shape index (κ3) is 17.6. The molecule has 434 valence electrons. The van der Waals surface area contributed by atoms with Crippen LogP contribution in [-0.2, 0) is 68.8 Å². The van der Waals surface area contributed by atoms with Gasteiger partial charge in [0.25, 0.3) is 0 Å². The molecule has 22 heteroatoms. The molecule has 0 aliphatic carbocycles. The van der Waals surface area contributed by atoms with Crippen molar-refractivity contribution in [2.45, 2.75) is 120 Å². The minimum absolute atomic E-state index is 0.0122. The number of hydrogen-bond donors (Lipinski definition) is 12. The summed E-state index contributed by atoms with van der Waals surface area (Å²) in [7, 11) is 0. The van der Waals surface area contributed by atoms with E-state index in [0.717, 1.165) is 26.7 Å². The largest absolute Gasteiger partial charge is 0.480 e. The molecular formula is C60H73N11O11. The highest BCUT2D eigenvalue weighted by molar-refractivity contribution is 5.98. The number of carboxylic acids is 1. The number of para-hydroxylation sites is 2. The van der Waals surface area contributed by atoms with E-state index in [-0.39, 0.29) is 77.4 Å². The maximum absolute atomic E-state index is 15.1. The molecular weight excluding hydrogens is 1050 g/mol. The number of unbranched alkanes of at least 4 members (excludes halogenated alkanes) is 1. The summed E-state index contributed by atoms with van der Waals surface area (Å²) in [4.78, 5) is 135. The second-order valence-corrected chi connectivity index (χ2v) is 20.6. The first-order valence-corrected chi connectivity index (χ1v) is 27.7. The summed E-state index contributed by atoms with van der Waals surface area (Å²) >= 11 is 0. The summed E-state index contributed by atoms with van der Waals surface area (Å²) in [5, 5.41) is 41.9. The zero-order valence-corrected chi connectivity index (χ0v) is 45.8. The van der Waals surface area contributed by atoms with Gasteiger partial charge in [-0.2, -0.15) is 0 Å². The first kappa shape index (κ1) is 60.7. The third-order valence-electron chi connectivity index (χ3n) is 14.3. The molecule has 13 N–H and O–H groups in total. The molecule has 4 aromatic carbocycles. The van der Waals surface area contributed by atoms with E-state index >= 15 is 9.59 Å². The van der Waals surface area contributed by atoms with Gasteiger partial charge in [0, 0.05) is 85.8 Å². The number of nitrogens with zero attached hydrogens (tertiary/aromatic N) is 1. The van der Waals surface area contributed by atoms with E-state index in [1.807, 2.05) is 48.5 Å². The van der Waals surface area contributed by atoms with Crippen LogP contribution in [0.3, 0.4) is 0 Å². The molecule has 22 nitrogen and oxygen atoms in total. The summed E-state index contributed by atoms with van der Waals surface area (Å²) in [6.07, 6.45) is 2.21. The lowest BCUT2D eigenvalue weighted by Crippen LogP contribution is -2.62. The fourth-order valence-electron chi connectivity index (χ4n) is 9.98. The highest BCUT2D eigenvalue weighted by Crippen LogP contribution is 2.22. The van der Waals surface area contributed by atoms with Gasteiger partial charge in [-0.3, -0.25) is 43.2 Å². The molecule has 1 fully saturated rings. The van der Waals surface area contributed by atoms with Crippen LogP contribution in [0.25, 0.3) is 21.8 Å². The lowest BCUT2D eigenvalue weighted by molar-refractivity contribution is -0.146. The van der Waals surface area contributed by atoms with Crippen molar-refractivity contribution in [3.8, 4) is 0 Å². The Labute approximate surface area is 474 Å². The number of fused-ring (bicyclic) bond motifs is 2. The molecule has 82 heavy (non-hydrogen) atoms. The predicted molar refractivity (Wildman–Crippen MR) is 306 cm³/mol. The Bertz CT molecular complexity index is 3170. The van der Waals surface area contributed by atoms with Gasteiger partial charge in [0.05, 0.1) is 6.10 Å². The summed E-state index contributed by atoms with van der Waals surface area (Å²) in [6, 6.07) is 23.8. The molecule has 1 saturated heterocycles. The summed E-state index contributed by atoms with van der Waals surface area (Å²) in [5.74, 6) is -7.32. The number of aliphatic hydroxyl groups is 1. The van der Waals surface area contributed by atoms with Crippen molar-refractivity contribution in [2.24, 2.45) is 5.73 Å². The van der Waals surface area contributed by atoms with Gasteiger partial charge >= 0.3 is 5.97 Å². The van der Waals surface area contributed by atoms with Crippen molar-refractivity contribution in [3.05, 3.63) is 144 Å². The zero-order valence-electron chi connectivity index (χ0n) is 45.8. The second-order valence-electron chi connectivity index (χ2n) is 20.6. The number of nitrogens with two attached hydrogens (primary N) is 1. The maximum Gasteiger partial charge on any atom is 0.323 e. The van der Waals surface area contributed by atoms with Crippen molar-refractivity contribution < 1.29 is 53.4 Å². The number of aromatic nitrogens is 2. The highest BCUT2D eigenvalue weighted by atomic mass is 16.4. The van der Waals surface area contributed by atoms with Gasteiger partial charge in [-0.25, -0.2) is 0 Å². The number of carbonyl (C=O) groups excluding carboxylic acids is 8. The molecule has 3 heterocycles. The van der Waals surface area contributed by atoms with Gasteiger partial charge in [0.1, 0.15) is 42.8 Å². The standard InChI is InChI=1S/C60H73N11O11/c1-37(72)54-59(81)69-50(31-39-18-6-3-7-19-39)60(82)71(36-53(75)76)29-15-26-51(73)62-28-14-25-52(74)65-47(30-38-16-4-2-5-17-38)56(78)67-49(33-41-35-64-45-23-11-9-21-43(41)45)58(80)68-48(32-40-34-63-44-22-10-8-20-42(40)44)57(79)66-46(55(77)70-54)24-12-13-27-61/h2-11,16-23,34-35,37,46-50,54,63-64,72H,12-15,24-33,36,61H2,1H3,(H,62,73)(H,65,74)(H,66,79)(H,67,78)(H,68,80)(H,69,81)(H,70,77)(H,75,76)/t37-,46+,47+,48-,49+,50+,54+/m1/s1. The SMILES string of the molecule is C[C@@H](O)[C@@H]1NC(=O)[C@H](CCCCN)NC(=O)[C@@H](Cc2c[nH]c3ccccc23)NC(=O)[C@H](Cc2c[nH]c3ccccc23)NC(=O)[C@H](Cc2ccccc2)NC(=O)CCCNC(=O)CCCN(CC(=O)O)C(=O)[C@H](Cc2ccccc2)NC1=O.